The van der Waals surface area contributed by atoms with Crippen LogP contribution in [0.5, 0.6) is 0 Å². The Hall–Kier alpha value is -7.50. The van der Waals surface area contributed by atoms with E-state index >= 15 is 0 Å². The Morgan fingerprint density at radius 2 is 0.709 bits per heavy atom. The molecule has 5 aromatic heterocycles. The predicted molar refractivity (Wildman–Crippen MR) is 226 cm³/mol. The average Bonchev–Trinajstić information content (AvgIpc) is 3.95. The maximum absolute atomic E-state index is 4.47. The molecule has 0 saturated heterocycles. The summed E-state index contributed by atoms with van der Waals surface area (Å²) in [7, 11) is 0. The van der Waals surface area contributed by atoms with Crippen LogP contribution in [0.3, 0.4) is 0 Å². The van der Waals surface area contributed by atoms with Gasteiger partial charge in [-0.3, -0.25) is 9.97 Å². The smallest absolute Gasteiger partial charge is 0.0550 e. The molecule has 5 heterocycles. The lowest BCUT2D eigenvalue weighted by atomic mass is 10.0. The molecule has 0 unspecified atom stereocenters. The molecule has 0 amide bonds. The first-order chi connectivity index (χ1) is 27.3. The maximum atomic E-state index is 4.47. The molecule has 0 N–H and O–H groups in total. The number of benzene rings is 6. The lowest BCUT2D eigenvalue weighted by Crippen LogP contribution is -2.01. The van der Waals surface area contributed by atoms with Crippen molar-refractivity contribution in [1.82, 2.24) is 23.7 Å². The van der Waals surface area contributed by atoms with Gasteiger partial charge in [0.2, 0.25) is 0 Å². The number of para-hydroxylation sites is 4. The van der Waals surface area contributed by atoms with E-state index in [1.165, 1.54) is 43.6 Å². The van der Waals surface area contributed by atoms with E-state index in [1.54, 1.807) is 0 Å². The first-order valence-corrected chi connectivity index (χ1v) is 18.6. The molecule has 0 radical (unpaired) electrons. The summed E-state index contributed by atoms with van der Waals surface area (Å²) >= 11 is 0. The van der Waals surface area contributed by atoms with Gasteiger partial charge in [0.15, 0.2) is 0 Å². The van der Waals surface area contributed by atoms with Crippen molar-refractivity contribution in [3.8, 4) is 50.7 Å². The van der Waals surface area contributed by atoms with Gasteiger partial charge >= 0.3 is 0 Å². The van der Waals surface area contributed by atoms with Gasteiger partial charge in [-0.2, -0.15) is 0 Å². The van der Waals surface area contributed by atoms with Gasteiger partial charge in [-0.05, 0) is 102 Å². The van der Waals surface area contributed by atoms with Crippen molar-refractivity contribution < 1.29 is 0 Å². The zero-order chi connectivity index (χ0) is 36.3. The Bertz CT molecular complexity index is 2910. The van der Waals surface area contributed by atoms with Crippen molar-refractivity contribution >= 4 is 43.6 Å². The lowest BCUT2D eigenvalue weighted by molar-refractivity contribution is 1.09. The third kappa shape index (κ3) is 5.02. The number of hydrogen-bond donors (Lipinski definition) is 0. The summed E-state index contributed by atoms with van der Waals surface area (Å²) in [5.74, 6) is 0. The van der Waals surface area contributed by atoms with Gasteiger partial charge in [0.25, 0.3) is 0 Å². The van der Waals surface area contributed by atoms with E-state index in [0.717, 1.165) is 50.7 Å². The summed E-state index contributed by atoms with van der Waals surface area (Å²) in [6.45, 7) is 0. The van der Waals surface area contributed by atoms with Crippen LogP contribution >= 0.6 is 0 Å². The minimum Gasteiger partial charge on any atom is -0.309 e. The average molecular weight is 704 g/mol. The largest absolute Gasteiger partial charge is 0.309 e. The molecular weight excluding hydrogens is 671 g/mol. The monoisotopic (exact) mass is 703 g/mol. The van der Waals surface area contributed by atoms with Crippen molar-refractivity contribution in [2.45, 2.75) is 0 Å². The van der Waals surface area contributed by atoms with Crippen LogP contribution in [-0.4, -0.2) is 23.7 Å². The molecule has 0 atom stereocenters. The Morgan fingerprint density at radius 3 is 1.15 bits per heavy atom. The van der Waals surface area contributed by atoms with E-state index in [0.29, 0.717) is 0 Å². The van der Waals surface area contributed by atoms with E-state index in [4.69, 9.17) is 0 Å². The van der Waals surface area contributed by atoms with Gasteiger partial charge in [-0.1, -0.05) is 84.9 Å². The fourth-order valence-electron chi connectivity index (χ4n) is 8.44. The molecule has 11 rings (SSSR count). The zero-order valence-electron chi connectivity index (χ0n) is 29.8. The van der Waals surface area contributed by atoms with Crippen molar-refractivity contribution in [3.63, 3.8) is 0 Å². The molecule has 0 aliphatic heterocycles. The second-order valence-corrected chi connectivity index (χ2v) is 14.0. The molecule has 6 aromatic carbocycles. The van der Waals surface area contributed by atoms with Crippen LogP contribution in [0.25, 0.3) is 94.3 Å². The van der Waals surface area contributed by atoms with Crippen LogP contribution in [0, 0.1) is 0 Å². The van der Waals surface area contributed by atoms with Crippen LogP contribution in [0.4, 0.5) is 0 Å². The molecule has 0 aliphatic rings. The van der Waals surface area contributed by atoms with Crippen molar-refractivity contribution in [1.29, 1.82) is 0 Å². The molecular formula is C50H33N5. The Kier molecular flexibility index (Phi) is 7.10. The van der Waals surface area contributed by atoms with E-state index in [1.807, 2.05) is 36.9 Å². The molecule has 0 bridgehead atoms. The van der Waals surface area contributed by atoms with Gasteiger partial charge < -0.3 is 13.7 Å². The second kappa shape index (κ2) is 12.6. The van der Waals surface area contributed by atoms with Gasteiger partial charge in [0.05, 0.1) is 33.5 Å². The highest BCUT2D eigenvalue weighted by molar-refractivity contribution is 6.10. The fraction of sp³-hybridized carbons (Fsp3) is 0. The SMILES string of the molecule is c1cncc(-c2ccc(-c3cccnc3)n2-c2cccc(-c3cc(-n4c5ccccc5c5ccccc54)cc(-n4c5ccccc5c5ccccc54)c3)c2)c1. The summed E-state index contributed by atoms with van der Waals surface area (Å²) in [6.07, 6.45) is 7.49. The molecule has 55 heavy (non-hydrogen) atoms. The standard InChI is InChI=1S/C50H33N5/c1-5-20-47-41(16-1)42-17-2-6-21-48(42)54(47)39-29-37(30-40(31-39)55-49-22-7-3-18-43(49)44-19-4-8-23-50(44)55)34-12-9-15-38(28-34)53-45(35-13-10-26-51-32-35)24-25-46(53)36-14-11-27-52-33-36/h1-33H. The number of pyridine rings is 2. The lowest BCUT2D eigenvalue weighted by Gasteiger charge is -2.18. The normalized spacial score (nSPS) is 11.6. The van der Waals surface area contributed by atoms with Crippen molar-refractivity contribution in [2.24, 2.45) is 0 Å². The molecule has 0 spiro atoms. The number of hydrogen-bond acceptors (Lipinski definition) is 2. The molecule has 11 aromatic rings. The molecule has 0 aliphatic carbocycles. The first kappa shape index (κ1) is 31.1. The Morgan fingerprint density at radius 1 is 0.291 bits per heavy atom. The zero-order valence-corrected chi connectivity index (χ0v) is 29.8. The summed E-state index contributed by atoms with van der Waals surface area (Å²) < 4.78 is 7.16. The highest BCUT2D eigenvalue weighted by Crippen LogP contribution is 2.39. The Balaban J connectivity index is 1.19. The minimum atomic E-state index is 1.05. The molecule has 0 saturated carbocycles. The number of rotatable bonds is 6. The van der Waals surface area contributed by atoms with E-state index < -0.39 is 0 Å². The third-order valence-corrected chi connectivity index (χ3v) is 10.8. The fourth-order valence-corrected chi connectivity index (χ4v) is 8.44. The Labute approximate surface area is 317 Å². The second-order valence-electron chi connectivity index (χ2n) is 14.0. The summed E-state index contributed by atoms with van der Waals surface area (Å²) in [6, 6.07) is 63.4. The first-order valence-electron chi connectivity index (χ1n) is 18.6. The topological polar surface area (TPSA) is 40.6 Å². The molecule has 5 heteroatoms. The van der Waals surface area contributed by atoms with Crippen LogP contribution in [0.1, 0.15) is 0 Å². The van der Waals surface area contributed by atoms with Crippen molar-refractivity contribution in [3.05, 3.63) is 201 Å². The molecule has 0 fully saturated rings. The predicted octanol–water partition coefficient (Wildman–Crippen LogP) is 12.5. The van der Waals surface area contributed by atoms with Gasteiger partial charge in [-0.15, -0.1) is 0 Å². The quantitative estimate of drug-likeness (QED) is 0.173. The summed E-state index contributed by atoms with van der Waals surface area (Å²) in [5.41, 5.74) is 14.4. The highest BCUT2D eigenvalue weighted by Gasteiger charge is 2.19. The summed E-state index contributed by atoms with van der Waals surface area (Å²) in [5, 5.41) is 4.95. The van der Waals surface area contributed by atoms with E-state index in [9.17, 15) is 0 Å². The van der Waals surface area contributed by atoms with Crippen LogP contribution in [-0.2, 0) is 0 Å². The molecule has 5 nitrogen and oxygen atoms in total. The van der Waals surface area contributed by atoms with Gasteiger partial charge in [0, 0.05) is 74.5 Å². The van der Waals surface area contributed by atoms with Crippen molar-refractivity contribution in [2.75, 3.05) is 0 Å². The number of nitrogens with zero attached hydrogens (tertiary/aromatic N) is 5. The van der Waals surface area contributed by atoms with Crippen LogP contribution in [0.15, 0.2) is 201 Å². The van der Waals surface area contributed by atoms with Crippen LogP contribution < -0.4 is 0 Å². The maximum Gasteiger partial charge on any atom is 0.0550 e. The summed E-state index contributed by atoms with van der Waals surface area (Å²) in [4.78, 5) is 8.93. The van der Waals surface area contributed by atoms with E-state index in [2.05, 4.69) is 187 Å². The molecule has 258 valence electrons. The van der Waals surface area contributed by atoms with E-state index in [-0.39, 0.29) is 0 Å². The highest BCUT2D eigenvalue weighted by atomic mass is 15.0. The third-order valence-electron chi connectivity index (χ3n) is 10.8. The van der Waals surface area contributed by atoms with Gasteiger partial charge in [0.1, 0.15) is 0 Å². The number of aromatic nitrogens is 5. The van der Waals surface area contributed by atoms with Gasteiger partial charge in [-0.25, -0.2) is 0 Å². The minimum absolute atomic E-state index is 1.05. The number of fused-ring (bicyclic) bond motifs is 6. The van der Waals surface area contributed by atoms with Crippen LogP contribution in [0.2, 0.25) is 0 Å².